The summed E-state index contributed by atoms with van der Waals surface area (Å²) in [5, 5.41) is 0. The van der Waals surface area contributed by atoms with Crippen LogP contribution in [-0.4, -0.2) is 12.7 Å². The lowest BCUT2D eigenvalue weighted by Crippen LogP contribution is -2.24. The third-order valence-electron chi connectivity index (χ3n) is 8.04. The summed E-state index contributed by atoms with van der Waals surface area (Å²) in [6.45, 7) is 6.48. The van der Waals surface area contributed by atoms with E-state index in [0.717, 1.165) is 44.9 Å². The second-order valence-electron chi connectivity index (χ2n) is 10.3. The molecule has 35 heavy (non-hydrogen) atoms. The van der Waals surface area contributed by atoms with Crippen LogP contribution in [0.4, 0.5) is 17.6 Å². The van der Waals surface area contributed by atoms with Gasteiger partial charge in [-0.15, -0.1) is 6.58 Å². The second-order valence-corrected chi connectivity index (χ2v) is 10.3. The zero-order chi connectivity index (χ0) is 24.9. The highest BCUT2D eigenvalue weighted by atomic mass is 19.2. The Labute approximate surface area is 206 Å². The van der Waals surface area contributed by atoms with E-state index in [1.807, 2.05) is 0 Å². The van der Waals surface area contributed by atoms with Crippen molar-refractivity contribution in [3.05, 3.63) is 71.3 Å². The van der Waals surface area contributed by atoms with Crippen molar-refractivity contribution in [1.82, 2.24) is 0 Å². The number of halogens is 4. The molecule has 0 radical (unpaired) electrons. The van der Waals surface area contributed by atoms with E-state index in [1.165, 1.54) is 24.6 Å². The first-order chi connectivity index (χ1) is 16.9. The molecular weight excluding hydrogens is 452 g/mol. The Morgan fingerprint density at radius 3 is 2.09 bits per heavy atom. The van der Waals surface area contributed by atoms with E-state index in [-0.39, 0.29) is 34.6 Å². The Balaban J connectivity index is 1.46. The molecule has 2 aliphatic rings. The van der Waals surface area contributed by atoms with Crippen LogP contribution >= 0.6 is 0 Å². The van der Waals surface area contributed by atoms with Crippen LogP contribution in [0.15, 0.2) is 36.9 Å². The molecule has 1 aliphatic heterocycles. The maximum atomic E-state index is 15.1. The highest BCUT2D eigenvalue weighted by Gasteiger charge is 2.27. The second kappa shape index (κ2) is 11.7. The average Bonchev–Trinajstić information content (AvgIpc) is 2.88. The topological polar surface area (TPSA) is 9.23 Å². The van der Waals surface area contributed by atoms with Gasteiger partial charge in [0.15, 0.2) is 23.3 Å². The monoisotopic (exact) mass is 488 g/mol. The number of aryl methyl sites for hydroxylation is 1. The molecule has 0 spiro atoms. The number of rotatable bonds is 8. The van der Waals surface area contributed by atoms with Crippen LogP contribution in [0.5, 0.6) is 0 Å². The van der Waals surface area contributed by atoms with Gasteiger partial charge in [0.05, 0.1) is 12.7 Å². The Bertz CT molecular complexity index is 1020. The predicted molar refractivity (Wildman–Crippen MR) is 132 cm³/mol. The summed E-state index contributed by atoms with van der Waals surface area (Å²) in [6.07, 6.45) is 10.7. The molecule has 2 aromatic carbocycles. The maximum absolute atomic E-state index is 15.1. The molecule has 1 aliphatic carbocycles. The molecule has 1 saturated carbocycles. The quantitative estimate of drug-likeness (QED) is 0.266. The Morgan fingerprint density at radius 2 is 1.46 bits per heavy atom. The maximum Gasteiger partial charge on any atom is 0.167 e. The van der Waals surface area contributed by atoms with Gasteiger partial charge in [0.25, 0.3) is 0 Å². The molecular formula is C30H36F4O. The Morgan fingerprint density at radius 1 is 0.800 bits per heavy atom. The van der Waals surface area contributed by atoms with E-state index in [2.05, 4.69) is 13.5 Å². The first kappa shape index (κ1) is 25.9. The standard InChI is InChI=1S/C30H36F4O/c1-3-5-19-6-10-21(11-7-19)24-16-17-26(30(34)28(24)32)25-15-13-22(27(31)29(25)33)12-8-20-9-14-23(4-2)35-18-20/h4,13,15-17,19-21,23H,2-3,5-12,14,18H2,1H3. The Kier molecular flexibility index (Phi) is 8.69. The van der Waals surface area contributed by atoms with Gasteiger partial charge in [-0.3, -0.25) is 0 Å². The van der Waals surface area contributed by atoms with Crippen LogP contribution in [0.2, 0.25) is 0 Å². The van der Waals surface area contributed by atoms with Crippen molar-refractivity contribution in [2.45, 2.75) is 83.2 Å². The van der Waals surface area contributed by atoms with Crippen LogP contribution in [0, 0.1) is 35.1 Å². The van der Waals surface area contributed by atoms with Crippen molar-refractivity contribution in [2.75, 3.05) is 6.61 Å². The van der Waals surface area contributed by atoms with E-state index in [0.29, 0.717) is 30.9 Å². The number of ether oxygens (including phenoxy) is 1. The minimum Gasteiger partial charge on any atom is -0.374 e. The minimum absolute atomic E-state index is 0.0267. The predicted octanol–water partition coefficient (Wildman–Crippen LogP) is 8.90. The molecule has 2 fully saturated rings. The number of hydrogen-bond acceptors (Lipinski definition) is 1. The molecule has 2 atom stereocenters. The summed E-state index contributed by atoms with van der Waals surface area (Å²) in [4.78, 5) is 0. The van der Waals surface area contributed by atoms with Crippen molar-refractivity contribution in [3.63, 3.8) is 0 Å². The molecule has 1 saturated heterocycles. The van der Waals surface area contributed by atoms with Crippen molar-refractivity contribution < 1.29 is 22.3 Å². The number of hydrogen-bond donors (Lipinski definition) is 0. The van der Waals surface area contributed by atoms with Gasteiger partial charge in [-0.1, -0.05) is 50.1 Å². The fraction of sp³-hybridized carbons (Fsp3) is 0.533. The lowest BCUT2D eigenvalue weighted by atomic mass is 9.77. The largest absolute Gasteiger partial charge is 0.374 e. The highest BCUT2D eigenvalue weighted by molar-refractivity contribution is 5.66. The van der Waals surface area contributed by atoms with Crippen LogP contribution < -0.4 is 0 Å². The normalized spacial score (nSPS) is 24.9. The molecule has 5 heteroatoms. The summed E-state index contributed by atoms with van der Waals surface area (Å²) in [6, 6.07) is 5.82. The lowest BCUT2D eigenvalue weighted by molar-refractivity contribution is 0.00880. The fourth-order valence-corrected chi connectivity index (χ4v) is 5.85. The van der Waals surface area contributed by atoms with Crippen molar-refractivity contribution in [3.8, 4) is 11.1 Å². The summed E-state index contributed by atoms with van der Waals surface area (Å²) in [7, 11) is 0. The van der Waals surface area contributed by atoms with E-state index >= 15 is 8.78 Å². The van der Waals surface area contributed by atoms with E-state index in [4.69, 9.17) is 4.74 Å². The summed E-state index contributed by atoms with van der Waals surface area (Å²) in [5.41, 5.74) is 0.131. The van der Waals surface area contributed by atoms with E-state index in [9.17, 15) is 8.78 Å². The molecule has 4 rings (SSSR count). The van der Waals surface area contributed by atoms with Crippen molar-refractivity contribution >= 4 is 0 Å². The van der Waals surface area contributed by atoms with Gasteiger partial charge in [-0.05, 0) is 80.2 Å². The molecule has 190 valence electrons. The van der Waals surface area contributed by atoms with Crippen molar-refractivity contribution in [2.24, 2.45) is 11.8 Å². The van der Waals surface area contributed by atoms with Gasteiger partial charge in [0.1, 0.15) is 0 Å². The molecule has 2 unspecified atom stereocenters. The molecule has 0 N–H and O–H groups in total. The SMILES string of the molecule is C=CC1CCC(CCc2ccc(-c3ccc(C4CCC(CCC)CC4)c(F)c3F)c(F)c2F)CO1. The molecule has 0 amide bonds. The van der Waals surface area contributed by atoms with Crippen LogP contribution in [0.25, 0.3) is 11.1 Å². The summed E-state index contributed by atoms with van der Waals surface area (Å²) < 4.78 is 65.7. The first-order valence-electron chi connectivity index (χ1n) is 13.1. The molecule has 2 aromatic rings. The minimum atomic E-state index is -1.12. The van der Waals surface area contributed by atoms with Crippen LogP contribution in [0.1, 0.15) is 81.8 Å². The van der Waals surface area contributed by atoms with E-state index < -0.39 is 23.3 Å². The van der Waals surface area contributed by atoms with Crippen LogP contribution in [-0.2, 0) is 11.2 Å². The molecule has 0 bridgehead atoms. The summed E-state index contributed by atoms with van der Waals surface area (Å²) >= 11 is 0. The van der Waals surface area contributed by atoms with Crippen LogP contribution in [0.3, 0.4) is 0 Å². The highest BCUT2D eigenvalue weighted by Crippen LogP contribution is 2.40. The zero-order valence-corrected chi connectivity index (χ0v) is 20.6. The van der Waals surface area contributed by atoms with Gasteiger partial charge in [0.2, 0.25) is 0 Å². The van der Waals surface area contributed by atoms with Crippen molar-refractivity contribution in [1.29, 1.82) is 0 Å². The third-order valence-corrected chi connectivity index (χ3v) is 8.04. The fourth-order valence-electron chi connectivity index (χ4n) is 5.85. The van der Waals surface area contributed by atoms with Gasteiger partial charge in [-0.2, -0.15) is 0 Å². The molecule has 0 aromatic heterocycles. The third kappa shape index (κ3) is 5.82. The van der Waals surface area contributed by atoms with Gasteiger partial charge >= 0.3 is 0 Å². The molecule has 1 heterocycles. The molecule has 1 nitrogen and oxygen atoms in total. The Hall–Kier alpha value is -2.14. The average molecular weight is 489 g/mol. The van der Waals surface area contributed by atoms with Gasteiger partial charge < -0.3 is 4.74 Å². The van der Waals surface area contributed by atoms with E-state index in [1.54, 1.807) is 12.1 Å². The smallest absolute Gasteiger partial charge is 0.167 e. The number of benzene rings is 2. The van der Waals surface area contributed by atoms with Gasteiger partial charge in [0, 0.05) is 11.1 Å². The zero-order valence-electron chi connectivity index (χ0n) is 20.6. The lowest BCUT2D eigenvalue weighted by Gasteiger charge is -2.29. The van der Waals surface area contributed by atoms with Gasteiger partial charge in [-0.25, -0.2) is 17.6 Å². The summed E-state index contributed by atoms with van der Waals surface area (Å²) in [5.74, 6) is -3.22. The first-order valence-corrected chi connectivity index (χ1v) is 13.1.